The van der Waals surface area contributed by atoms with Crippen molar-refractivity contribution >= 4 is 42.2 Å². The van der Waals surface area contributed by atoms with Gasteiger partial charge in [0, 0.05) is 23.2 Å². The van der Waals surface area contributed by atoms with E-state index < -0.39 is 40.0 Å². The van der Waals surface area contributed by atoms with Crippen LogP contribution < -0.4 is 10.2 Å². The molecule has 0 N–H and O–H groups in total. The van der Waals surface area contributed by atoms with Gasteiger partial charge in [0.25, 0.3) is 0 Å². The van der Waals surface area contributed by atoms with E-state index >= 15 is 0 Å². The number of esters is 2. The van der Waals surface area contributed by atoms with Crippen LogP contribution in [0.3, 0.4) is 0 Å². The summed E-state index contributed by atoms with van der Waals surface area (Å²) in [4.78, 5) is 55.4. The zero-order valence-electron chi connectivity index (χ0n) is 42.3. The molecule has 7 atom stereocenters. The van der Waals surface area contributed by atoms with Crippen LogP contribution in [-0.2, 0) is 44.6 Å². The second kappa shape index (κ2) is 17.6. The van der Waals surface area contributed by atoms with Crippen molar-refractivity contribution in [3.8, 4) is 11.8 Å². The Labute approximate surface area is 404 Å². The van der Waals surface area contributed by atoms with Gasteiger partial charge in [-0.25, -0.2) is 0 Å². The second-order valence-corrected chi connectivity index (χ2v) is 23.9. The Balaban J connectivity index is 0.827. The van der Waals surface area contributed by atoms with Crippen LogP contribution in [0.2, 0.25) is 0 Å². The highest BCUT2D eigenvalue weighted by atomic mass is 16.7. The average molecular weight is 926 g/mol. The quantitative estimate of drug-likeness (QED) is 0.115. The molecule has 6 aliphatic rings. The molecule has 0 aromatic heterocycles. The fourth-order valence-electron chi connectivity index (χ4n) is 13.5. The van der Waals surface area contributed by atoms with Gasteiger partial charge in [0.1, 0.15) is 18.4 Å². The number of ether oxygens (including phenoxy) is 3. The molecule has 0 radical (unpaired) electrons. The number of fused-ring (bicyclic) bond motifs is 7. The number of carbonyl (C=O) groups excluding carboxylic acids is 4. The predicted octanol–water partition coefficient (Wildman–Crippen LogP) is 10.7. The first-order valence-electron chi connectivity index (χ1n) is 24.9. The molecule has 362 valence electrons. The Hall–Kier alpha value is -4.79. The number of nitrogens with zero attached hydrogens (tertiary/aromatic N) is 1. The highest BCUT2D eigenvalue weighted by Gasteiger charge is 2.71. The molecular formula is C57H72BNO9. The van der Waals surface area contributed by atoms with E-state index in [0.29, 0.717) is 32.3 Å². The molecule has 11 heteroatoms. The van der Waals surface area contributed by atoms with Crippen molar-refractivity contribution in [2.75, 3.05) is 13.2 Å². The van der Waals surface area contributed by atoms with Gasteiger partial charge >= 0.3 is 19.1 Å². The van der Waals surface area contributed by atoms with Crippen LogP contribution in [0, 0.1) is 61.6 Å². The van der Waals surface area contributed by atoms with Gasteiger partial charge in [-0.2, -0.15) is 5.26 Å². The molecule has 10 nitrogen and oxygen atoms in total. The van der Waals surface area contributed by atoms with Crippen molar-refractivity contribution in [1.29, 1.82) is 5.26 Å². The minimum absolute atomic E-state index is 0.0313. The van der Waals surface area contributed by atoms with Crippen LogP contribution in [0.4, 0.5) is 0 Å². The summed E-state index contributed by atoms with van der Waals surface area (Å²) in [7, 11) is -0.404. The molecule has 5 aliphatic carbocycles. The first-order valence-corrected chi connectivity index (χ1v) is 24.9. The lowest BCUT2D eigenvalue weighted by Crippen LogP contribution is -2.66. The summed E-state index contributed by atoms with van der Waals surface area (Å²) in [5, 5.41) is 10.1. The van der Waals surface area contributed by atoms with E-state index in [1.165, 1.54) is 0 Å². The summed E-state index contributed by atoms with van der Waals surface area (Å²) >= 11 is 0. The molecule has 8 rings (SSSR count). The van der Waals surface area contributed by atoms with Crippen LogP contribution in [-0.4, -0.2) is 55.0 Å². The topological polar surface area (TPSA) is 138 Å². The van der Waals surface area contributed by atoms with Crippen molar-refractivity contribution in [2.24, 2.45) is 50.2 Å². The van der Waals surface area contributed by atoms with Gasteiger partial charge < -0.3 is 23.5 Å². The van der Waals surface area contributed by atoms with Gasteiger partial charge in [0.15, 0.2) is 11.6 Å². The van der Waals surface area contributed by atoms with E-state index in [-0.39, 0.29) is 77.3 Å². The van der Waals surface area contributed by atoms with Crippen LogP contribution in [0.15, 0.2) is 77.9 Å². The number of benzene rings is 2. The van der Waals surface area contributed by atoms with E-state index in [1.807, 2.05) is 108 Å². The Morgan fingerprint density at radius 3 is 2.13 bits per heavy atom. The number of nitriles is 1. The normalized spacial score (nSPS) is 32.9. The second-order valence-electron chi connectivity index (χ2n) is 23.9. The first-order chi connectivity index (χ1) is 31.8. The molecule has 1 heterocycles. The fourth-order valence-corrected chi connectivity index (χ4v) is 13.5. The number of rotatable bonds is 12. The van der Waals surface area contributed by atoms with Crippen LogP contribution in [0.1, 0.15) is 145 Å². The summed E-state index contributed by atoms with van der Waals surface area (Å²) in [5.41, 5.74) is 0.402. The lowest BCUT2D eigenvalue weighted by atomic mass is 9.34. The average Bonchev–Trinajstić information content (AvgIpc) is 3.50. The molecule has 2 aromatic carbocycles. The third kappa shape index (κ3) is 8.43. The van der Waals surface area contributed by atoms with Crippen molar-refractivity contribution in [3.63, 3.8) is 0 Å². The summed E-state index contributed by atoms with van der Waals surface area (Å²) in [5.74, 6) is -0.505. The number of carbonyl (C=O) groups is 4. The summed E-state index contributed by atoms with van der Waals surface area (Å²) in [6.07, 6.45) is 13.1. The fraction of sp³-hybridized carbons (Fsp3) is 0.596. The van der Waals surface area contributed by atoms with E-state index in [2.05, 4.69) is 40.7 Å². The lowest BCUT2D eigenvalue weighted by Gasteiger charge is -2.68. The maximum Gasteiger partial charge on any atom is 0.494 e. The van der Waals surface area contributed by atoms with Crippen molar-refractivity contribution in [1.82, 2.24) is 0 Å². The van der Waals surface area contributed by atoms with E-state index in [4.69, 9.17) is 23.5 Å². The summed E-state index contributed by atoms with van der Waals surface area (Å²) in [6.45, 7) is 24.0. The van der Waals surface area contributed by atoms with E-state index in [0.717, 1.165) is 53.6 Å². The van der Waals surface area contributed by atoms with Crippen molar-refractivity contribution in [3.05, 3.63) is 89.0 Å². The molecule has 68 heavy (non-hydrogen) atoms. The molecule has 3 saturated carbocycles. The summed E-state index contributed by atoms with van der Waals surface area (Å²) < 4.78 is 30.0. The third-order valence-electron chi connectivity index (χ3n) is 18.4. The Morgan fingerprint density at radius 1 is 0.824 bits per heavy atom. The van der Waals surface area contributed by atoms with Gasteiger partial charge in [0.2, 0.25) is 0 Å². The van der Waals surface area contributed by atoms with Crippen molar-refractivity contribution in [2.45, 2.75) is 152 Å². The highest BCUT2D eigenvalue weighted by molar-refractivity contribution is 6.62. The highest BCUT2D eigenvalue weighted by Crippen LogP contribution is 2.74. The predicted molar refractivity (Wildman–Crippen MR) is 262 cm³/mol. The van der Waals surface area contributed by atoms with Gasteiger partial charge in [-0.1, -0.05) is 109 Å². The minimum Gasteiger partial charge on any atom is -0.489 e. The van der Waals surface area contributed by atoms with Crippen LogP contribution in [0.5, 0.6) is 5.75 Å². The first kappa shape index (κ1) is 49.6. The zero-order chi connectivity index (χ0) is 49.3. The van der Waals surface area contributed by atoms with Crippen LogP contribution >= 0.6 is 0 Å². The van der Waals surface area contributed by atoms with E-state index in [9.17, 15) is 24.4 Å². The van der Waals surface area contributed by atoms with Gasteiger partial charge in [-0.3, -0.25) is 19.2 Å². The lowest BCUT2D eigenvalue weighted by molar-refractivity contribution is -0.193. The number of allylic oxidation sites excluding steroid dienone is 4. The molecular weight excluding hydrogens is 853 g/mol. The Kier molecular flexibility index (Phi) is 12.8. The smallest absolute Gasteiger partial charge is 0.489 e. The third-order valence-corrected chi connectivity index (χ3v) is 18.4. The van der Waals surface area contributed by atoms with Gasteiger partial charge in [0.05, 0.1) is 41.8 Å². The molecule has 1 aliphatic heterocycles. The van der Waals surface area contributed by atoms with Gasteiger partial charge in [-0.05, 0) is 136 Å². The molecule has 0 bridgehead atoms. The number of hydrogen-bond acceptors (Lipinski definition) is 10. The maximum absolute atomic E-state index is 14.9. The molecule has 0 spiro atoms. The molecule has 0 amide bonds. The maximum atomic E-state index is 14.9. The minimum atomic E-state index is -0.778. The van der Waals surface area contributed by atoms with Crippen LogP contribution in [0.25, 0.3) is 6.08 Å². The zero-order valence-corrected chi connectivity index (χ0v) is 42.3. The molecule has 0 unspecified atom stereocenters. The Bertz CT molecular complexity index is 2460. The number of hydrogen-bond donors (Lipinski definition) is 0. The Morgan fingerprint density at radius 2 is 1.47 bits per heavy atom. The van der Waals surface area contributed by atoms with Crippen molar-refractivity contribution < 1.29 is 42.7 Å². The number of Topliss-reactive ketones (excluding diaryl/α,β-unsaturated/α-hetero) is 1. The largest absolute Gasteiger partial charge is 0.494 e. The molecule has 4 fully saturated rings. The molecule has 2 aromatic rings. The van der Waals surface area contributed by atoms with E-state index in [1.54, 1.807) is 6.08 Å². The SMILES string of the molecule is CC1(C)CC[C@]2(C(=O)OCCCOC(=O)C/C=C/c3ccc(OCc4ccc(B5OC(C)(C)C(C)(C)O5)cc4)cc3)CC[C@]3(C)[C@H](C(=O)C=C4[C@@]5(C)C=C(C#N)C(=O)C(C)(C)[C@@H]5CC[C@]43C)[C@@H]2C1. The standard InChI is InChI=1S/C57H72BNO9/c1-50(2)26-28-57(29-27-56(11)47(42(57)34-50)43(60)32-45-54(9)33-39(35-59)48(62)51(3,4)44(54)24-25-55(45,56)10)49(63)65-31-13-30-64-46(61)15-12-14-37-18-22-41(23-19-37)66-36-38-16-20-40(21-17-38)58-67-52(5,6)53(7,8)68-58/h12,14,16-23,32-33,42,44,47H,13,15,24-31,34,36H2,1-11H3/b14-12+/t42-,44-,47-,54-,55+,56+,57-/m0/s1. The summed E-state index contributed by atoms with van der Waals surface area (Å²) in [6, 6.07) is 17.9. The monoisotopic (exact) mass is 926 g/mol. The number of ketones is 2. The van der Waals surface area contributed by atoms with Gasteiger partial charge in [-0.15, -0.1) is 0 Å². The molecule has 1 saturated heterocycles.